The second kappa shape index (κ2) is 7.73. The summed E-state index contributed by atoms with van der Waals surface area (Å²) in [6.45, 7) is 3.92. The fourth-order valence-corrected chi connectivity index (χ4v) is 3.89. The van der Waals surface area contributed by atoms with Crippen molar-refractivity contribution in [3.05, 3.63) is 42.0 Å². The first kappa shape index (κ1) is 17.7. The van der Waals surface area contributed by atoms with E-state index in [9.17, 15) is 9.36 Å². The number of hydrogen-bond donors (Lipinski definition) is 0. The van der Waals surface area contributed by atoms with Gasteiger partial charge < -0.3 is 13.8 Å². The molecule has 2 rings (SSSR count). The van der Waals surface area contributed by atoms with Crippen LogP contribution in [0.4, 0.5) is 0 Å². The molecule has 23 heavy (non-hydrogen) atoms. The highest BCUT2D eigenvalue weighted by molar-refractivity contribution is 7.54. The summed E-state index contributed by atoms with van der Waals surface area (Å²) in [6.07, 6.45) is -0.254. The molecular formula is C17H21O5P. The SMILES string of the molecule is CCOP(=O)(CC(=O)c1ccc2cc(OC)ccc2c1)OCC. The number of carbonyl (C=O) groups is 1. The van der Waals surface area contributed by atoms with Crippen LogP contribution in [0.1, 0.15) is 24.2 Å². The van der Waals surface area contributed by atoms with Crippen LogP contribution in [-0.2, 0) is 13.6 Å². The van der Waals surface area contributed by atoms with E-state index in [0.29, 0.717) is 5.56 Å². The van der Waals surface area contributed by atoms with Crippen molar-refractivity contribution >= 4 is 24.2 Å². The second-order valence-corrected chi connectivity index (χ2v) is 7.01. The predicted molar refractivity (Wildman–Crippen MR) is 90.6 cm³/mol. The van der Waals surface area contributed by atoms with Gasteiger partial charge in [-0.1, -0.05) is 18.2 Å². The van der Waals surface area contributed by atoms with E-state index in [1.54, 1.807) is 33.1 Å². The summed E-state index contributed by atoms with van der Waals surface area (Å²) < 4.78 is 28.0. The number of rotatable bonds is 8. The largest absolute Gasteiger partial charge is 0.497 e. The summed E-state index contributed by atoms with van der Waals surface area (Å²) in [6, 6.07) is 11.0. The molecule has 0 aliphatic heterocycles. The van der Waals surface area contributed by atoms with E-state index in [1.165, 1.54) is 0 Å². The minimum absolute atomic E-state index is 0.238. The van der Waals surface area contributed by atoms with Gasteiger partial charge in [0.2, 0.25) is 0 Å². The average Bonchev–Trinajstić information content (AvgIpc) is 2.54. The number of benzene rings is 2. The first-order valence-electron chi connectivity index (χ1n) is 7.50. The standard InChI is InChI=1S/C17H21O5P/c1-4-21-23(19,22-5-2)12-17(18)15-7-6-14-11-16(20-3)9-8-13(14)10-15/h6-11H,4-5,12H2,1-3H3. The predicted octanol–water partition coefficient (Wildman–Crippen LogP) is 4.30. The Hall–Kier alpha value is -1.68. The van der Waals surface area contributed by atoms with Crippen LogP contribution in [0.15, 0.2) is 36.4 Å². The molecule has 0 amide bonds. The van der Waals surface area contributed by atoms with Crippen molar-refractivity contribution < 1.29 is 23.1 Å². The summed E-state index contributed by atoms with van der Waals surface area (Å²) in [7, 11) is -1.77. The number of ether oxygens (including phenoxy) is 1. The number of methoxy groups -OCH3 is 1. The highest BCUT2D eigenvalue weighted by Gasteiger charge is 2.28. The molecule has 0 aliphatic carbocycles. The van der Waals surface area contributed by atoms with Crippen LogP contribution in [0.3, 0.4) is 0 Å². The summed E-state index contributed by atoms with van der Waals surface area (Å²) in [5.41, 5.74) is 0.488. The molecule has 124 valence electrons. The Morgan fingerprint density at radius 1 is 1.00 bits per heavy atom. The summed E-state index contributed by atoms with van der Waals surface area (Å²) in [5.74, 6) is 0.502. The van der Waals surface area contributed by atoms with Crippen molar-refractivity contribution in [1.82, 2.24) is 0 Å². The Morgan fingerprint density at radius 3 is 2.22 bits per heavy atom. The lowest BCUT2D eigenvalue weighted by Crippen LogP contribution is -2.10. The Bertz CT molecular complexity index is 731. The maximum atomic E-state index is 12.5. The van der Waals surface area contributed by atoms with E-state index in [1.807, 2.05) is 24.3 Å². The van der Waals surface area contributed by atoms with Crippen LogP contribution in [0.5, 0.6) is 5.75 Å². The Kier molecular flexibility index (Phi) is 5.94. The molecule has 0 fully saturated rings. The molecule has 0 aliphatic rings. The number of Topliss-reactive ketones (excluding diaryl/α,β-unsaturated/α-hetero) is 1. The van der Waals surface area contributed by atoms with Gasteiger partial charge >= 0.3 is 7.60 Å². The van der Waals surface area contributed by atoms with Gasteiger partial charge in [0, 0.05) is 5.56 Å². The minimum Gasteiger partial charge on any atom is -0.497 e. The minimum atomic E-state index is -3.38. The van der Waals surface area contributed by atoms with Gasteiger partial charge in [-0.3, -0.25) is 9.36 Å². The van der Waals surface area contributed by atoms with E-state index < -0.39 is 7.60 Å². The number of ketones is 1. The Labute approximate surface area is 136 Å². The third kappa shape index (κ3) is 4.41. The summed E-state index contributed by atoms with van der Waals surface area (Å²) >= 11 is 0. The molecular weight excluding hydrogens is 315 g/mol. The van der Waals surface area contributed by atoms with Crippen molar-refractivity contribution in [2.24, 2.45) is 0 Å². The Morgan fingerprint density at radius 2 is 1.61 bits per heavy atom. The summed E-state index contributed by atoms with van der Waals surface area (Å²) in [5, 5.41) is 1.89. The van der Waals surface area contributed by atoms with Crippen LogP contribution in [0, 0.1) is 0 Å². The molecule has 0 atom stereocenters. The fourth-order valence-electron chi connectivity index (χ4n) is 2.31. The van der Waals surface area contributed by atoms with Gasteiger partial charge in [0.1, 0.15) is 11.9 Å². The molecule has 0 unspecified atom stereocenters. The molecule has 2 aromatic carbocycles. The third-order valence-electron chi connectivity index (χ3n) is 3.36. The van der Waals surface area contributed by atoms with E-state index >= 15 is 0 Å². The molecule has 6 heteroatoms. The molecule has 0 aromatic heterocycles. The lowest BCUT2D eigenvalue weighted by Gasteiger charge is -2.16. The van der Waals surface area contributed by atoms with Crippen molar-refractivity contribution in [3.8, 4) is 5.75 Å². The molecule has 0 heterocycles. The van der Waals surface area contributed by atoms with E-state index in [0.717, 1.165) is 16.5 Å². The molecule has 0 bridgehead atoms. The maximum absolute atomic E-state index is 12.5. The van der Waals surface area contributed by atoms with Gasteiger partial charge in [0.25, 0.3) is 0 Å². The van der Waals surface area contributed by atoms with Crippen molar-refractivity contribution in [1.29, 1.82) is 0 Å². The highest BCUT2D eigenvalue weighted by Crippen LogP contribution is 2.48. The van der Waals surface area contributed by atoms with Crippen LogP contribution in [0.2, 0.25) is 0 Å². The fraction of sp³-hybridized carbons (Fsp3) is 0.353. The smallest absolute Gasteiger partial charge is 0.338 e. The topological polar surface area (TPSA) is 61.8 Å². The van der Waals surface area contributed by atoms with Gasteiger partial charge in [0.15, 0.2) is 5.78 Å². The van der Waals surface area contributed by atoms with E-state index in [-0.39, 0.29) is 25.2 Å². The van der Waals surface area contributed by atoms with Crippen molar-refractivity contribution in [2.75, 3.05) is 26.5 Å². The molecule has 0 saturated heterocycles. The summed E-state index contributed by atoms with van der Waals surface area (Å²) in [4.78, 5) is 12.4. The molecule has 0 spiro atoms. The maximum Gasteiger partial charge on any atom is 0.338 e. The first-order valence-corrected chi connectivity index (χ1v) is 9.23. The van der Waals surface area contributed by atoms with Gasteiger partial charge in [-0.15, -0.1) is 0 Å². The zero-order chi connectivity index (χ0) is 16.9. The molecule has 5 nitrogen and oxygen atoms in total. The van der Waals surface area contributed by atoms with E-state index in [2.05, 4.69) is 0 Å². The quantitative estimate of drug-likeness (QED) is 0.531. The zero-order valence-electron chi connectivity index (χ0n) is 13.6. The van der Waals surface area contributed by atoms with Gasteiger partial charge in [-0.25, -0.2) is 0 Å². The Balaban J connectivity index is 2.25. The molecule has 2 aromatic rings. The van der Waals surface area contributed by atoms with Gasteiger partial charge in [-0.2, -0.15) is 0 Å². The van der Waals surface area contributed by atoms with Crippen LogP contribution < -0.4 is 4.74 Å². The molecule has 0 N–H and O–H groups in total. The molecule has 0 radical (unpaired) electrons. The third-order valence-corrected chi connectivity index (χ3v) is 5.34. The molecule has 0 saturated carbocycles. The van der Waals surface area contributed by atoms with E-state index in [4.69, 9.17) is 13.8 Å². The lowest BCUT2D eigenvalue weighted by molar-refractivity contribution is 0.100. The zero-order valence-corrected chi connectivity index (χ0v) is 14.5. The second-order valence-electron chi connectivity index (χ2n) is 4.96. The van der Waals surface area contributed by atoms with Crippen molar-refractivity contribution in [2.45, 2.75) is 13.8 Å². The van der Waals surface area contributed by atoms with Gasteiger partial charge in [0.05, 0.1) is 20.3 Å². The first-order chi connectivity index (χ1) is 11.0. The van der Waals surface area contributed by atoms with Crippen LogP contribution in [0.25, 0.3) is 10.8 Å². The normalized spacial score (nSPS) is 11.6. The number of fused-ring (bicyclic) bond motifs is 1. The lowest BCUT2D eigenvalue weighted by atomic mass is 10.0. The number of hydrogen-bond acceptors (Lipinski definition) is 5. The highest BCUT2D eigenvalue weighted by atomic mass is 31.2. The van der Waals surface area contributed by atoms with Crippen LogP contribution >= 0.6 is 7.60 Å². The van der Waals surface area contributed by atoms with Gasteiger partial charge in [-0.05, 0) is 42.8 Å². The van der Waals surface area contributed by atoms with Crippen molar-refractivity contribution in [3.63, 3.8) is 0 Å². The average molecular weight is 336 g/mol. The monoisotopic (exact) mass is 336 g/mol. The number of carbonyl (C=O) groups excluding carboxylic acids is 1. The van der Waals surface area contributed by atoms with Crippen LogP contribution in [-0.4, -0.2) is 32.3 Å².